The number of nitrogens with zero attached hydrogens (tertiary/aromatic N) is 1. The molecule has 2 aromatic rings. The molecule has 0 amide bonds. The van der Waals surface area contributed by atoms with Gasteiger partial charge in [0.1, 0.15) is 6.10 Å². The van der Waals surface area contributed by atoms with Crippen molar-refractivity contribution in [3.8, 4) is 5.75 Å². The van der Waals surface area contributed by atoms with E-state index in [9.17, 15) is 0 Å². The predicted octanol–water partition coefficient (Wildman–Crippen LogP) is 2.61. The van der Waals surface area contributed by atoms with Crippen LogP contribution in [0.15, 0.2) is 39.9 Å². The van der Waals surface area contributed by atoms with Crippen LogP contribution in [0, 0.1) is 0 Å². The maximum absolute atomic E-state index is 6.20. The van der Waals surface area contributed by atoms with Crippen molar-refractivity contribution in [3.05, 3.63) is 30.5 Å². The van der Waals surface area contributed by atoms with E-state index in [0.717, 1.165) is 29.7 Å². The number of furan rings is 1. The van der Waals surface area contributed by atoms with E-state index in [1.165, 1.54) is 6.40 Å². The fourth-order valence-corrected chi connectivity index (χ4v) is 2.60. The molecule has 1 unspecified atom stereocenters. The number of benzene rings is 1. The Morgan fingerprint density at radius 2 is 2.29 bits per heavy atom. The van der Waals surface area contributed by atoms with Crippen molar-refractivity contribution < 1.29 is 13.9 Å². The summed E-state index contributed by atoms with van der Waals surface area (Å²) in [6.45, 7) is 2.89. The van der Waals surface area contributed by atoms with Gasteiger partial charge >= 0.3 is 0 Å². The predicted molar refractivity (Wildman–Crippen MR) is 82.0 cm³/mol. The number of nitrogens with one attached hydrogen (secondary N) is 1. The second kappa shape index (κ2) is 6.18. The van der Waals surface area contributed by atoms with E-state index in [-0.39, 0.29) is 18.2 Å². The first-order valence-corrected chi connectivity index (χ1v) is 7.24. The molecule has 0 radical (unpaired) electrons. The van der Waals surface area contributed by atoms with E-state index >= 15 is 0 Å². The third-order valence-corrected chi connectivity index (χ3v) is 3.76. The molecule has 1 aromatic heterocycles. The Balaban J connectivity index is 1.82. The van der Waals surface area contributed by atoms with Gasteiger partial charge in [0.05, 0.1) is 12.3 Å². The molecule has 21 heavy (non-hydrogen) atoms. The highest BCUT2D eigenvalue weighted by atomic mass is 16.5. The van der Waals surface area contributed by atoms with Gasteiger partial charge in [0.25, 0.3) is 0 Å². The van der Waals surface area contributed by atoms with Crippen LogP contribution in [0.4, 0.5) is 0 Å². The molecule has 1 aliphatic heterocycles. The molecule has 1 aromatic carbocycles. The molecular weight excluding hydrogens is 268 g/mol. The lowest BCUT2D eigenvalue weighted by atomic mass is 10.0. The average molecular weight is 288 g/mol. The number of fused-ring (bicyclic) bond motifs is 1. The number of hydrogen-bond acceptors (Lipinski definition) is 5. The van der Waals surface area contributed by atoms with Gasteiger partial charge in [0, 0.05) is 11.8 Å². The third kappa shape index (κ3) is 2.88. The highest BCUT2D eigenvalue weighted by molar-refractivity contribution is 5.82. The smallest absolute Gasteiger partial charge is 0.175 e. The summed E-state index contributed by atoms with van der Waals surface area (Å²) in [5, 5.41) is 4.19. The second-order valence-corrected chi connectivity index (χ2v) is 5.24. The van der Waals surface area contributed by atoms with E-state index in [2.05, 4.69) is 10.3 Å². The van der Waals surface area contributed by atoms with Crippen LogP contribution in [0.3, 0.4) is 0 Å². The van der Waals surface area contributed by atoms with Crippen LogP contribution in [0.1, 0.15) is 13.3 Å². The molecular formula is C16H20N2O3. The van der Waals surface area contributed by atoms with E-state index in [4.69, 9.17) is 13.9 Å². The first-order valence-electron chi connectivity index (χ1n) is 7.24. The summed E-state index contributed by atoms with van der Waals surface area (Å²) in [5.41, 5.74) is 0.776. The van der Waals surface area contributed by atoms with Gasteiger partial charge in [-0.3, -0.25) is 4.99 Å². The van der Waals surface area contributed by atoms with Crippen LogP contribution in [-0.2, 0) is 4.74 Å². The minimum Gasteiger partial charge on any atom is -0.482 e. The van der Waals surface area contributed by atoms with Gasteiger partial charge in [-0.05, 0) is 32.6 Å². The van der Waals surface area contributed by atoms with Crippen LogP contribution >= 0.6 is 0 Å². The Bertz CT molecular complexity index is 623. The zero-order valence-corrected chi connectivity index (χ0v) is 12.3. The van der Waals surface area contributed by atoms with Crippen molar-refractivity contribution in [2.75, 3.05) is 13.6 Å². The Morgan fingerprint density at radius 3 is 3.05 bits per heavy atom. The SMILES string of the molecule is CNCC[C@H](Oc1cccc2ccoc12)[C@@H]1OC=NC1C. The molecule has 0 bridgehead atoms. The number of aliphatic imine (C=N–C) groups is 1. The molecule has 112 valence electrons. The van der Waals surface area contributed by atoms with Crippen molar-refractivity contribution in [3.63, 3.8) is 0 Å². The van der Waals surface area contributed by atoms with E-state index in [1.54, 1.807) is 6.26 Å². The summed E-state index contributed by atoms with van der Waals surface area (Å²) in [5.74, 6) is 0.751. The largest absolute Gasteiger partial charge is 0.482 e. The Hall–Kier alpha value is -2.01. The second-order valence-electron chi connectivity index (χ2n) is 5.24. The topological polar surface area (TPSA) is 56.0 Å². The molecule has 0 spiro atoms. The quantitative estimate of drug-likeness (QED) is 0.887. The van der Waals surface area contributed by atoms with Gasteiger partial charge in [-0.1, -0.05) is 12.1 Å². The van der Waals surface area contributed by atoms with Gasteiger partial charge in [-0.15, -0.1) is 0 Å². The minimum atomic E-state index is -0.0781. The highest BCUT2D eigenvalue weighted by Crippen LogP contribution is 2.29. The maximum Gasteiger partial charge on any atom is 0.175 e. The normalized spacial score (nSPS) is 22.4. The molecule has 2 heterocycles. The average Bonchev–Trinajstić information content (AvgIpc) is 3.12. The summed E-state index contributed by atoms with van der Waals surface area (Å²) >= 11 is 0. The summed E-state index contributed by atoms with van der Waals surface area (Å²) in [4.78, 5) is 4.27. The van der Waals surface area contributed by atoms with Crippen LogP contribution in [0.2, 0.25) is 0 Å². The molecule has 1 N–H and O–H groups in total. The van der Waals surface area contributed by atoms with Crippen molar-refractivity contribution in [1.29, 1.82) is 0 Å². The number of ether oxygens (including phenoxy) is 2. The van der Waals surface area contributed by atoms with Crippen molar-refractivity contribution in [1.82, 2.24) is 5.32 Å². The first-order chi connectivity index (χ1) is 10.3. The number of para-hydroxylation sites is 1. The van der Waals surface area contributed by atoms with Gasteiger partial charge in [-0.2, -0.15) is 0 Å². The molecule has 3 rings (SSSR count). The minimum absolute atomic E-state index is 0.0661. The lowest BCUT2D eigenvalue weighted by Gasteiger charge is -2.26. The highest BCUT2D eigenvalue weighted by Gasteiger charge is 2.32. The van der Waals surface area contributed by atoms with Gasteiger partial charge in [-0.25, -0.2) is 0 Å². The zero-order valence-electron chi connectivity index (χ0n) is 12.3. The molecule has 0 fully saturated rings. The molecule has 5 nitrogen and oxygen atoms in total. The summed E-state index contributed by atoms with van der Waals surface area (Å²) in [6, 6.07) is 7.94. The monoisotopic (exact) mass is 288 g/mol. The van der Waals surface area contributed by atoms with Crippen LogP contribution in [-0.4, -0.2) is 38.2 Å². The van der Waals surface area contributed by atoms with Crippen molar-refractivity contribution in [2.24, 2.45) is 4.99 Å². The van der Waals surface area contributed by atoms with Crippen LogP contribution in [0.5, 0.6) is 5.75 Å². The van der Waals surface area contributed by atoms with E-state index in [0.29, 0.717) is 0 Å². The van der Waals surface area contributed by atoms with Gasteiger partial charge in [0.15, 0.2) is 23.8 Å². The first kappa shape index (κ1) is 13.9. The lowest BCUT2D eigenvalue weighted by molar-refractivity contribution is 0.0479. The van der Waals surface area contributed by atoms with Gasteiger partial charge in [0.2, 0.25) is 0 Å². The third-order valence-electron chi connectivity index (χ3n) is 3.76. The van der Waals surface area contributed by atoms with Crippen LogP contribution in [0.25, 0.3) is 11.0 Å². The Morgan fingerprint density at radius 1 is 1.38 bits per heavy atom. The fourth-order valence-electron chi connectivity index (χ4n) is 2.60. The maximum atomic E-state index is 6.20. The Labute approximate surface area is 123 Å². The molecule has 0 saturated carbocycles. The fraction of sp³-hybridized carbons (Fsp3) is 0.438. The summed E-state index contributed by atoms with van der Waals surface area (Å²) in [6.07, 6.45) is 3.90. The lowest BCUT2D eigenvalue weighted by Crippen LogP contribution is -2.39. The van der Waals surface area contributed by atoms with E-state index < -0.39 is 0 Å². The number of rotatable bonds is 6. The Kier molecular flexibility index (Phi) is 4.10. The molecule has 0 saturated heterocycles. The van der Waals surface area contributed by atoms with E-state index in [1.807, 2.05) is 38.2 Å². The van der Waals surface area contributed by atoms with Crippen LogP contribution < -0.4 is 10.1 Å². The van der Waals surface area contributed by atoms with Gasteiger partial charge < -0.3 is 19.2 Å². The molecule has 0 aliphatic carbocycles. The van der Waals surface area contributed by atoms with Crippen molar-refractivity contribution >= 4 is 17.4 Å². The van der Waals surface area contributed by atoms with Crippen molar-refractivity contribution in [2.45, 2.75) is 31.6 Å². The molecule has 5 heteroatoms. The summed E-state index contributed by atoms with van der Waals surface area (Å²) < 4.78 is 17.4. The zero-order chi connectivity index (χ0) is 14.7. The molecule has 1 aliphatic rings. The molecule has 3 atom stereocenters. The number of hydrogen-bond donors (Lipinski definition) is 1. The summed E-state index contributed by atoms with van der Waals surface area (Å²) in [7, 11) is 1.93. The standard InChI is InChI=1S/C16H20N2O3/c1-11-15(20-10-18-11)14(6-8-17-2)21-13-5-3-4-12-7-9-19-16(12)13/h3-5,7,9-11,14-15,17H,6,8H2,1-2H3/t11?,14-,15+/m0/s1.